The second kappa shape index (κ2) is 4.31. The zero-order valence-electron chi connectivity index (χ0n) is 7.35. The van der Waals surface area contributed by atoms with E-state index < -0.39 is 0 Å². The van der Waals surface area contributed by atoms with Crippen LogP contribution in [0.2, 0.25) is 0 Å². The molecule has 0 saturated carbocycles. The first kappa shape index (κ1) is 9.98. The van der Waals surface area contributed by atoms with Crippen molar-refractivity contribution in [2.24, 2.45) is 4.99 Å². The fourth-order valence-corrected chi connectivity index (χ4v) is 2.54. The average molecular weight is 319 g/mol. The summed E-state index contributed by atoms with van der Waals surface area (Å²) in [6, 6.07) is 6.01. The van der Waals surface area contributed by atoms with Crippen molar-refractivity contribution in [3.8, 4) is 0 Å². The molecule has 0 fully saturated rings. The van der Waals surface area contributed by atoms with Crippen molar-refractivity contribution in [2.75, 3.05) is 18.4 Å². The molecule has 1 aliphatic rings. The number of hydrogen-bond donors (Lipinski definition) is 2. The first-order valence-corrected chi connectivity index (χ1v) is 5.84. The van der Waals surface area contributed by atoms with E-state index in [9.17, 15) is 0 Å². The van der Waals surface area contributed by atoms with Gasteiger partial charge in [0.2, 0.25) is 0 Å². The van der Waals surface area contributed by atoms with E-state index >= 15 is 0 Å². The van der Waals surface area contributed by atoms with E-state index in [-0.39, 0.29) is 0 Å². The Labute approximate surface area is 99.3 Å². The van der Waals surface area contributed by atoms with Crippen LogP contribution in [0.15, 0.2) is 32.1 Å². The lowest BCUT2D eigenvalue weighted by molar-refractivity contribution is 0.959. The molecule has 0 spiro atoms. The highest BCUT2D eigenvalue weighted by Crippen LogP contribution is 2.23. The van der Waals surface area contributed by atoms with Crippen molar-refractivity contribution >= 4 is 43.5 Å². The van der Waals surface area contributed by atoms with Crippen LogP contribution in [0, 0.1) is 0 Å². The summed E-state index contributed by atoms with van der Waals surface area (Å²) in [5, 5.41) is 6.35. The lowest BCUT2D eigenvalue weighted by Crippen LogP contribution is -2.26. The molecule has 14 heavy (non-hydrogen) atoms. The van der Waals surface area contributed by atoms with Crippen LogP contribution in [0.3, 0.4) is 0 Å². The summed E-state index contributed by atoms with van der Waals surface area (Å²) in [6.07, 6.45) is 0. The van der Waals surface area contributed by atoms with Crippen LogP contribution in [0.5, 0.6) is 0 Å². The number of aliphatic imine (C=N–C) groups is 1. The summed E-state index contributed by atoms with van der Waals surface area (Å²) >= 11 is 6.86. The molecule has 1 aromatic carbocycles. The maximum atomic E-state index is 4.25. The number of halogens is 2. The van der Waals surface area contributed by atoms with Crippen molar-refractivity contribution in [3.05, 3.63) is 27.1 Å². The molecule has 3 nitrogen and oxygen atoms in total. The van der Waals surface area contributed by atoms with Crippen LogP contribution in [0.1, 0.15) is 0 Å². The second-order valence-corrected chi connectivity index (χ2v) is 4.77. The van der Waals surface area contributed by atoms with Crippen LogP contribution < -0.4 is 10.6 Å². The molecule has 2 rings (SSSR count). The third-order valence-corrected chi connectivity index (χ3v) is 2.72. The Morgan fingerprint density at radius 2 is 1.93 bits per heavy atom. The molecule has 0 saturated heterocycles. The molecule has 5 heteroatoms. The van der Waals surface area contributed by atoms with Crippen molar-refractivity contribution in [2.45, 2.75) is 0 Å². The van der Waals surface area contributed by atoms with Gasteiger partial charge in [-0.3, -0.25) is 4.99 Å². The van der Waals surface area contributed by atoms with Gasteiger partial charge in [-0.05, 0) is 18.2 Å². The molecule has 1 aliphatic heterocycles. The predicted octanol–water partition coefficient (Wildman–Crippen LogP) is 2.58. The quantitative estimate of drug-likeness (QED) is 0.835. The van der Waals surface area contributed by atoms with Gasteiger partial charge in [0.05, 0.1) is 6.54 Å². The Morgan fingerprint density at radius 1 is 1.21 bits per heavy atom. The van der Waals surface area contributed by atoms with Gasteiger partial charge in [0, 0.05) is 21.2 Å². The number of nitrogens with zero attached hydrogens (tertiary/aromatic N) is 1. The summed E-state index contributed by atoms with van der Waals surface area (Å²) < 4.78 is 2.07. The molecule has 0 radical (unpaired) electrons. The van der Waals surface area contributed by atoms with Gasteiger partial charge in [0.15, 0.2) is 5.96 Å². The predicted molar refractivity (Wildman–Crippen MR) is 65.8 cm³/mol. The lowest BCUT2D eigenvalue weighted by Gasteiger charge is -2.07. The van der Waals surface area contributed by atoms with Crippen LogP contribution in [-0.2, 0) is 0 Å². The zero-order chi connectivity index (χ0) is 9.97. The summed E-state index contributed by atoms with van der Waals surface area (Å²) in [5.74, 6) is 0.843. The molecule has 0 unspecified atom stereocenters. The molecule has 2 N–H and O–H groups in total. The van der Waals surface area contributed by atoms with Crippen LogP contribution in [-0.4, -0.2) is 19.0 Å². The highest BCUT2D eigenvalue weighted by Gasteiger charge is 2.05. The monoisotopic (exact) mass is 317 g/mol. The van der Waals surface area contributed by atoms with E-state index in [1.807, 2.05) is 18.2 Å². The summed E-state index contributed by atoms with van der Waals surface area (Å²) in [5.41, 5.74) is 1.01. The van der Waals surface area contributed by atoms with E-state index in [1.165, 1.54) is 0 Å². The van der Waals surface area contributed by atoms with Crippen molar-refractivity contribution in [1.29, 1.82) is 0 Å². The maximum Gasteiger partial charge on any atom is 0.195 e. The zero-order valence-corrected chi connectivity index (χ0v) is 10.5. The molecule has 1 heterocycles. The van der Waals surface area contributed by atoms with Gasteiger partial charge < -0.3 is 10.6 Å². The van der Waals surface area contributed by atoms with Gasteiger partial charge in [-0.15, -0.1) is 0 Å². The Kier molecular flexibility index (Phi) is 3.08. The fraction of sp³-hybridized carbons (Fsp3) is 0.222. The smallest absolute Gasteiger partial charge is 0.195 e. The molecule has 0 aromatic heterocycles. The summed E-state index contributed by atoms with van der Waals surface area (Å²) in [6.45, 7) is 1.76. The topological polar surface area (TPSA) is 36.4 Å². The molecule has 0 aliphatic carbocycles. The van der Waals surface area contributed by atoms with Crippen LogP contribution >= 0.6 is 31.9 Å². The Hall–Kier alpha value is -0.550. The van der Waals surface area contributed by atoms with Gasteiger partial charge in [-0.1, -0.05) is 31.9 Å². The minimum absolute atomic E-state index is 0.843. The highest BCUT2D eigenvalue weighted by molar-refractivity contribution is 9.11. The van der Waals surface area contributed by atoms with Gasteiger partial charge >= 0.3 is 0 Å². The number of rotatable bonds is 1. The second-order valence-electron chi connectivity index (χ2n) is 2.94. The molecule has 0 amide bonds. The van der Waals surface area contributed by atoms with E-state index in [2.05, 4.69) is 47.5 Å². The van der Waals surface area contributed by atoms with Crippen LogP contribution in [0.4, 0.5) is 5.69 Å². The van der Waals surface area contributed by atoms with Crippen molar-refractivity contribution < 1.29 is 0 Å². The van der Waals surface area contributed by atoms with Gasteiger partial charge in [-0.25, -0.2) is 0 Å². The summed E-state index contributed by atoms with van der Waals surface area (Å²) in [4.78, 5) is 4.25. The molecule has 0 bridgehead atoms. The normalized spacial score (nSPS) is 14.9. The lowest BCUT2D eigenvalue weighted by atomic mass is 10.3. The number of benzene rings is 1. The van der Waals surface area contributed by atoms with Gasteiger partial charge in [-0.2, -0.15) is 0 Å². The highest BCUT2D eigenvalue weighted by atomic mass is 79.9. The summed E-state index contributed by atoms with van der Waals surface area (Å²) in [7, 11) is 0. The third kappa shape index (κ3) is 2.48. The first-order chi connectivity index (χ1) is 6.74. The number of guanidine groups is 1. The fourth-order valence-electron chi connectivity index (χ4n) is 1.24. The standard InChI is InChI=1S/C9H9Br2N3/c10-6-3-7(11)5-8(4-6)14-9-12-1-2-13-9/h3-5H,1-2H2,(H2,12,13,14). The largest absolute Gasteiger partial charge is 0.354 e. The van der Waals surface area contributed by atoms with Gasteiger partial charge in [0.1, 0.15) is 0 Å². The van der Waals surface area contributed by atoms with Gasteiger partial charge in [0.25, 0.3) is 0 Å². The minimum atomic E-state index is 0.843. The van der Waals surface area contributed by atoms with Crippen molar-refractivity contribution in [1.82, 2.24) is 5.32 Å². The SMILES string of the molecule is Brc1cc(Br)cc(NC2=NCCN2)c1. The van der Waals surface area contributed by atoms with E-state index in [0.717, 1.165) is 33.7 Å². The number of anilines is 1. The molecule has 74 valence electrons. The van der Waals surface area contributed by atoms with Crippen molar-refractivity contribution in [3.63, 3.8) is 0 Å². The molecule has 0 atom stereocenters. The Balaban J connectivity index is 2.15. The number of hydrogen-bond acceptors (Lipinski definition) is 3. The molecule has 1 aromatic rings. The molecular weight excluding hydrogens is 310 g/mol. The average Bonchev–Trinajstić information content (AvgIpc) is 2.54. The number of nitrogens with one attached hydrogen (secondary N) is 2. The minimum Gasteiger partial charge on any atom is -0.354 e. The van der Waals surface area contributed by atoms with E-state index in [4.69, 9.17) is 0 Å². The maximum absolute atomic E-state index is 4.25. The van der Waals surface area contributed by atoms with Crippen LogP contribution in [0.25, 0.3) is 0 Å². The van der Waals surface area contributed by atoms with E-state index in [1.54, 1.807) is 0 Å². The first-order valence-electron chi connectivity index (χ1n) is 4.25. The molecular formula is C9H9Br2N3. The Bertz CT molecular complexity index is 356. The van der Waals surface area contributed by atoms with E-state index in [0.29, 0.717) is 0 Å². The third-order valence-electron chi connectivity index (χ3n) is 1.80. The Morgan fingerprint density at radius 3 is 2.50 bits per heavy atom.